The monoisotopic (exact) mass is 308 g/mol. The van der Waals surface area contributed by atoms with Crippen LogP contribution in [0.25, 0.3) is 0 Å². The van der Waals surface area contributed by atoms with E-state index in [2.05, 4.69) is 4.52 Å². The minimum atomic E-state index is -5.77. The predicted octanol–water partition coefficient (Wildman–Crippen LogP) is 1.93. The number of rotatable bonds is 2. The first-order valence-electron chi connectivity index (χ1n) is 4.30. The molecule has 0 saturated carbocycles. The highest BCUT2D eigenvalue weighted by atomic mass is 31.2. The van der Waals surface area contributed by atoms with Crippen LogP contribution in [0.15, 0.2) is 18.2 Å². The summed E-state index contributed by atoms with van der Waals surface area (Å²) in [4.78, 5) is 20.4. The fraction of sp³-hybridized carbons (Fsp3) is 0.250. The summed E-state index contributed by atoms with van der Waals surface area (Å²) in [6.07, 6.45) is -10.3. The van der Waals surface area contributed by atoms with Crippen LogP contribution in [0.4, 0.5) is 26.3 Å². The Labute approximate surface area is 101 Å². The highest BCUT2D eigenvalue weighted by Crippen LogP contribution is 2.40. The van der Waals surface area contributed by atoms with Crippen molar-refractivity contribution >= 4 is 7.82 Å². The van der Waals surface area contributed by atoms with Gasteiger partial charge in [-0.1, -0.05) is 0 Å². The molecule has 4 nitrogen and oxygen atoms in total. The van der Waals surface area contributed by atoms with Crippen molar-refractivity contribution in [1.29, 1.82) is 0 Å². The van der Waals surface area contributed by atoms with E-state index in [1.165, 1.54) is 0 Å². The molecule has 0 spiro atoms. The van der Waals surface area contributed by atoms with Gasteiger partial charge in [-0.2, -0.15) is 26.3 Å². The quantitative estimate of drug-likeness (QED) is 0.618. The lowest BCUT2D eigenvalue weighted by Gasteiger charge is -2.29. The largest absolute Gasteiger partial charge is 0.780 e. The van der Waals surface area contributed by atoms with Crippen LogP contribution in [0.1, 0.15) is 11.1 Å². The summed E-state index contributed by atoms with van der Waals surface area (Å²) in [6, 6.07) is -0.261. The lowest BCUT2D eigenvalue weighted by Crippen LogP contribution is -2.19. The molecular formula is C8H3F6O4P-2. The minimum absolute atomic E-state index is 0.0162. The standard InChI is InChI=1S/C8H5F6O4P/c9-7(10,11)4-1-5(8(12,13)14)3-6(2-4)18-19(15,16)17/h1-3H,(H2,15,16,17)/p-2. The average molecular weight is 308 g/mol. The first-order valence-corrected chi connectivity index (χ1v) is 5.76. The van der Waals surface area contributed by atoms with E-state index in [4.69, 9.17) is 0 Å². The number of phosphoric acid groups is 1. The van der Waals surface area contributed by atoms with Gasteiger partial charge in [-0.3, -0.25) is 0 Å². The molecule has 0 saturated heterocycles. The molecule has 0 aliphatic rings. The van der Waals surface area contributed by atoms with Gasteiger partial charge in [-0.05, 0) is 18.2 Å². The van der Waals surface area contributed by atoms with E-state index in [-0.39, 0.29) is 18.2 Å². The number of benzene rings is 1. The molecule has 0 radical (unpaired) electrons. The van der Waals surface area contributed by atoms with Crippen molar-refractivity contribution in [1.82, 2.24) is 0 Å². The molecule has 0 unspecified atom stereocenters. The second kappa shape index (κ2) is 4.69. The van der Waals surface area contributed by atoms with Crippen LogP contribution in [-0.4, -0.2) is 0 Å². The molecule has 0 fully saturated rings. The van der Waals surface area contributed by atoms with Crippen molar-refractivity contribution in [2.75, 3.05) is 0 Å². The summed E-state index contributed by atoms with van der Waals surface area (Å²) in [5.41, 5.74) is -3.57. The predicted molar refractivity (Wildman–Crippen MR) is 44.7 cm³/mol. The third kappa shape index (κ3) is 4.73. The summed E-state index contributed by atoms with van der Waals surface area (Å²) in [6.45, 7) is 0. The fourth-order valence-electron chi connectivity index (χ4n) is 1.11. The van der Waals surface area contributed by atoms with E-state index in [9.17, 15) is 40.7 Å². The topological polar surface area (TPSA) is 72.4 Å². The molecule has 0 aromatic heterocycles. The molecule has 0 aliphatic heterocycles. The molecule has 19 heavy (non-hydrogen) atoms. The zero-order valence-corrected chi connectivity index (χ0v) is 9.47. The summed E-state index contributed by atoms with van der Waals surface area (Å²) >= 11 is 0. The molecule has 11 heteroatoms. The fourth-order valence-corrected chi connectivity index (χ4v) is 1.47. The highest BCUT2D eigenvalue weighted by Gasteiger charge is 2.37. The van der Waals surface area contributed by atoms with Gasteiger partial charge in [0.05, 0.1) is 11.1 Å². The maximum Gasteiger partial charge on any atom is 0.416 e. The molecule has 0 atom stereocenters. The summed E-state index contributed by atoms with van der Waals surface area (Å²) in [5.74, 6) is -1.35. The second-order valence-electron chi connectivity index (χ2n) is 3.28. The van der Waals surface area contributed by atoms with E-state index in [1.807, 2.05) is 0 Å². The number of phosphoric ester groups is 1. The van der Waals surface area contributed by atoms with Gasteiger partial charge in [0.1, 0.15) is 13.6 Å². The normalized spacial score (nSPS) is 13.5. The first-order chi connectivity index (χ1) is 8.29. The number of alkyl halides is 6. The van der Waals surface area contributed by atoms with E-state index in [1.54, 1.807) is 0 Å². The molecule has 1 aromatic carbocycles. The molecule has 0 bridgehead atoms. The van der Waals surface area contributed by atoms with Gasteiger partial charge < -0.3 is 18.9 Å². The zero-order valence-electron chi connectivity index (χ0n) is 8.58. The lowest BCUT2D eigenvalue weighted by atomic mass is 10.1. The SMILES string of the molecule is O=P([O-])([O-])Oc1cc(C(F)(F)F)cc(C(F)(F)F)c1. The highest BCUT2D eigenvalue weighted by molar-refractivity contribution is 7.43. The van der Waals surface area contributed by atoms with Crippen LogP contribution in [0.2, 0.25) is 0 Å². The zero-order chi connectivity index (χ0) is 15.1. The van der Waals surface area contributed by atoms with E-state index in [0.717, 1.165) is 0 Å². The second-order valence-corrected chi connectivity index (χ2v) is 4.36. The summed E-state index contributed by atoms with van der Waals surface area (Å²) in [5, 5.41) is 0. The maximum atomic E-state index is 12.3. The molecule has 0 aliphatic carbocycles. The van der Waals surface area contributed by atoms with Crippen LogP contribution >= 0.6 is 7.82 Å². The summed E-state index contributed by atoms with van der Waals surface area (Å²) in [7, 11) is -5.77. The Morgan fingerprint density at radius 1 is 0.895 bits per heavy atom. The molecule has 1 aromatic rings. The van der Waals surface area contributed by atoms with Crippen molar-refractivity contribution < 1.29 is 45.2 Å². The third-order valence-corrected chi connectivity index (χ3v) is 2.21. The molecule has 0 N–H and O–H groups in total. The average Bonchev–Trinajstić information content (AvgIpc) is 2.11. The van der Waals surface area contributed by atoms with Gasteiger partial charge in [-0.25, -0.2) is 0 Å². The van der Waals surface area contributed by atoms with Crippen LogP contribution in [-0.2, 0) is 16.9 Å². The van der Waals surface area contributed by atoms with Crippen molar-refractivity contribution in [3.05, 3.63) is 29.3 Å². The minimum Gasteiger partial charge on any atom is -0.780 e. The Kier molecular flexibility index (Phi) is 3.91. The third-order valence-electron chi connectivity index (χ3n) is 1.78. The first kappa shape index (κ1) is 15.8. The van der Waals surface area contributed by atoms with E-state index >= 15 is 0 Å². The van der Waals surface area contributed by atoms with Crippen molar-refractivity contribution in [2.45, 2.75) is 12.4 Å². The smallest absolute Gasteiger partial charge is 0.416 e. The van der Waals surface area contributed by atoms with Gasteiger partial charge in [0.2, 0.25) is 0 Å². The molecule has 0 amide bonds. The number of hydrogen-bond acceptors (Lipinski definition) is 4. The van der Waals surface area contributed by atoms with Gasteiger partial charge >= 0.3 is 12.4 Å². The molecule has 1 rings (SSSR count). The molecule has 108 valence electrons. The van der Waals surface area contributed by atoms with Crippen molar-refractivity contribution in [3.63, 3.8) is 0 Å². The molecular weight excluding hydrogens is 305 g/mol. The van der Waals surface area contributed by atoms with E-state index in [0.29, 0.717) is 0 Å². The number of halogens is 6. The Hall–Kier alpha value is -1.25. The van der Waals surface area contributed by atoms with Crippen LogP contribution < -0.4 is 14.3 Å². The van der Waals surface area contributed by atoms with Crippen molar-refractivity contribution in [3.8, 4) is 5.75 Å². The van der Waals surface area contributed by atoms with Crippen LogP contribution in [0.5, 0.6) is 5.75 Å². The van der Waals surface area contributed by atoms with Gasteiger partial charge in [-0.15, -0.1) is 0 Å². The van der Waals surface area contributed by atoms with Gasteiger partial charge in [0, 0.05) is 0 Å². The van der Waals surface area contributed by atoms with E-state index < -0.39 is 37.1 Å². The Morgan fingerprint density at radius 3 is 1.53 bits per heavy atom. The lowest BCUT2D eigenvalue weighted by molar-refractivity contribution is -0.333. The van der Waals surface area contributed by atoms with Gasteiger partial charge in [0.15, 0.2) is 0 Å². The van der Waals surface area contributed by atoms with Crippen molar-refractivity contribution in [2.24, 2.45) is 0 Å². The molecule has 0 heterocycles. The Balaban J connectivity index is 3.37. The van der Waals surface area contributed by atoms with Gasteiger partial charge in [0.25, 0.3) is 0 Å². The van der Waals surface area contributed by atoms with Crippen LogP contribution in [0.3, 0.4) is 0 Å². The Morgan fingerprint density at radius 2 is 1.26 bits per heavy atom. The maximum absolute atomic E-state index is 12.3. The summed E-state index contributed by atoms with van der Waals surface area (Å²) < 4.78 is 87.7. The number of hydrogen-bond donors (Lipinski definition) is 0. The van der Waals surface area contributed by atoms with Crippen LogP contribution in [0, 0.1) is 0 Å². The Bertz CT molecular complexity index is 485.